The first kappa shape index (κ1) is 65.8. The molecule has 0 bridgehead atoms. The molecule has 68 heavy (non-hydrogen) atoms. The first-order valence-corrected chi connectivity index (χ1v) is 29.9. The van der Waals surface area contributed by atoms with Gasteiger partial charge in [-0.15, -0.1) is 0 Å². The van der Waals surface area contributed by atoms with E-state index in [1.807, 2.05) is 0 Å². The van der Waals surface area contributed by atoms with Crippen molar-refractivity contribution in [3.63, 3.8) is 0 Å². The largest absolute Gasteiger partial charge is 0.466 e. The molecule has 2 unspecified atom stereocenters. The van der Waals surface area contributed by atoms with Gasteiger partial charge in [0.15, 0.2) is 0 Å². The van der Waals surface area contributed by atoms with Crippen LogP contribution >= 0.6 is 0 Å². The summed E-state index contributed by atoms with van der Waals surface area (Å²) in [5.74, 6) is -0.0481. The van der Waals surface area contributed by atoms with Gasteiger partial charge in [0.1, 0.15) is 0 Å². The van der Waals surface area contributed by atoms with Crippen molar-refractivity contribution in [3.05, 3.63) is 48.6 Å². The molecule has 2 atom stereocenters. The smallest absolute Gasteiger partial charge is 0.305 e. The van der Waals surface area contributed by atoms with Gasteiger partial charge in [0.2, 0.25) is 5.91 Å². The highest BCUT2D eigenvalue weighted by atomic mass is 16.5. The zero-order chi connectivity index (χ0) is 49.3. The highest BCUT2D eigenvalue weighted by Crippen LogP contribution is 2.16. The van der Waals surface area contributed by atoms with Crippen LogP contribution in [0.5, 0.6) is 0 Å². The van der Waals surface area contributed by atoms with Gasteiger partial charge in [-0.25, -0.2) is 0 Å². The van der Waals surface area contributed by atoms with E-state index < -0.39 is 12.1 Å². The lowest BCUT2D eigenvalue weighted by molar-refractivity contribution is -0.143. The number of rotatable bonds is 55. The maximum Gasteiger partial charge on any atom is 0.305 e. The molecule has 0 saturated carbocycles. The summed E-state index contributed by atoms with van der Waals surface area (Å²) in [4.78, 5) is 24.5. The Bertz CT molecular complexity index is 1150. The first-order valence-electron chi connectivity index (χ1n) is 29.9. The predicted octanol–water partition coefficient (Wildman–Crippen LogP) is 18.6. The monoisotopic (exact) mass is 954 g/mol. The molecule has 6 nitrogen and oxygen atoms in total. The van der Waals surface area contributed by atoms with Gasteiger partial charge < -0.3 is 20.3 Å². The van der Waals surface area contributed by atoms with Gasteiger partial charge in [-0.1, -0.05) is 255 Å². The number of carbonyl (C=O) groups excluding carboxylic acids is 2. The molecule has 0 aliphatic carbocycles. The summed E-state index contributed by atoms with van der Waals surface area (Å²) in [6, 6.07) is -0.545. The summed E-state index contributed by atoms with van der Waals surface area (Å²) in [5.41, 5.74) is 0. The van der Waals surface area contributed by atoms with E-state index in [0.29, 0.717) is 25.9 Å². The van der Waals surface area contributed by atoms with Gasteiger partial charge in [0, 0.05) is 12.8 Å². The van der Waals surface area contributed by atoms with Crippen LogP contribution in [0, 0.1) is 0 Å². The topological polar surface area (TPSA) is 95.9 Å². The molecular formula is C62H115NO5. The van der Waals surface area contributed by atoms with Gasteiger partial charge in [-0.2, -0.15) is 0 Å². The van der Waals surface area contributed by atoms with Gasteiger partial charge in [0.25, 0.3) is 0 Å². The quantitative estimate of drug-likeness (QED) is 0.0321. The van der Waals surface area contributed by atoms with E-state index in [1.165, 1.54) is 218 Å². The average molecular weight is 955 g/mol. The van der Waals surface area contributed by atoms with E-state index in [9.17, 15) is 19.8 Å². The van der Waals surface area contributed by atoms with Crippen LogP contribution in [-0.2, 0) is 14.3 Å². The molecule has 0 fully saturated rings. The molecular weight excluding hydrogens is 839 g/mol. The molecule has 398 valence electrons. The number of allylic oxidation sites excluding steroid dienone is 8. The molecule has 0 aliphatic rings. The Morgan fingerprint density at radius 2 is 0.735 bits per heavy atom. The van der Waals surface area contributed by atoms with Crippen molar-refractivity contribution in [1.82, 2.24) is 5.32 Å². The zero-order valence-corrected chi connectivity index (χ0v) is 45.3. The summed E-state index contributed by atoms with van der Waals surface area (Å²) < 4.78 is 5.47. The third-order valence-electron chi connectivity index (χ3n) is 13.6. The molecule has 0 aromatic carbocycles. The number of unbranched alkanes of at least 4 members (excludes halogenated alkanes) is 36. The van der Waals surface area contributed by atoms with Crippen LogP contribution in [0.3, 0.4) is 0 Å². The first-order chi connectivity index (χ1) is 33.5. The Kier molecular flexibility index (Phi) is 55.6. The Labute approximate surface area is 423 Å². The molecule has 1 amide bonds. The number of aliphatic hydroxyl groups is 2. The van der Waals surface area contributed by atoms with Crippen LogP contribution in [0.15, 0.2) is 48.6 Å². The summed E-state index contributed by atoms with van der Waals surface area (Å²) in [6.45, 7) is 4.91. The average Bonchev–Trinajstić information content (AvgIpc) is 3.34. The van der Waals surface area contributed by atoms with E-state index >= 15 is 0 Å². The number of ether oxygens (including phenoxy) is 1. The lowest BCUT2D eigenvalue weighted by atomic mass is 10.0. The third kappa shape index (κ3) is 53.2. The Balaban J connectivity index is 3.43. The van der Waals surface area contributed by atoms with E-state index in [4.69, 9.17) is 4.74 Å². The van der Waals surface area contributed by atoms with E-state index in [0.717, 1.165) is 57.8 Å². The Hall–Kier alpha value is -2.18. The maximum atomic E-state index is 12.4. The number of esters is 1. The maximum absolute atomic E-state index is 12.4. The van der Waals surface area contributed by atoms with E-state index in [1.54, 1.807) is 0 Å². The van der Waals surface area contributed by atoms with E-state index in [2.05, 4.69) is 67.8 Å². The van der Waals surface area contributed by atoms with Crippen molar-refractivity contribution in [1.29, 1.82) is 0 Å². The van der Waals surface area contributed by atoms with Crippen LogP contribution < -0.4 is 5.32 Å². The summed E-state index contributed by atoms with van der Waals surface area (Å²) in [5, 5.41) is 23.2. The van der Waals surface area contributed by atoms with Crippen molar-refractivity contribution < 1.29 is 24.5 Å². The highest BCUT2D eigenvalue weighted by molar-refractivity contribution is 5.76. The third-order valence-corrected chi connectivity index (χ3v) is 13.6. The molecule has 0 spiro atoms. The van der Waals surface area contributed by atoms with Crippen LogP contribution in [0.4, 0.5) is 0 Å². The van der Waals surface area contributed by atoms with Crippen LogP contribution in [0.2, 0.25) is 0 Å². The molecule has 3 N–H and O–H groups in total. The molecule has 0 saturated heterocycles. The van der Waals surface area contributed by atoms with Gasteiger partial charge in [-0.3, -0.25) is 9.59 Å². The van der Waals surface area contributed by atoms with Crippen molar-refractivity contribution in [2.24, 2.45) is 0 Å². The van der Waals surface area contributed by atoms with Crippen molar-refractivity contribution >= 4 is 11.9 Å². The fourth-order valence-corrected chi connectivity index (χ4v) is 8.99. The number of hydrogen-bond donors (Lipinski definition) is 3. The SMILES string of the molecule is CCCCC/C=C\C/C=C\CCCCCCCC(=O)OCCCCCCCCCCC/C=C\C/C=C\CCCCCCCCCCCC(=O)NC(CO)C(O)CCCCCCCCCCCCC. The van der Waals surface area contributed by atoms with Crippen LogP contribution in [0.25, 0.3) is 0 Å². The predicted molar refractivity (Wildman–Crippen MR) is 296 cm³/mol. The molecule has 0 aromatic heterocycles. The molecule has 0 aliphatic heterocycles. The van der Waals surface area contributed by atoms with Crippen LogP contribution in [0.1, 0.15) is 309 Å². The number of carbonyl (C=O) groups is 2. The second-order valence-electron chi connectivity index (χ2n) is 20.3. The second-order valence-corrected chi connectivity index (χ2v) is 20.3. The van der Waals surface area contributed by atoms with E-state index in [-0.39, 0.29) is 18.5 Å². The fraction of sp³-hybridized carbons (Fsp3) is 0.839. The van der Waals surface area contributed by atoms with Gasteiger partial charge in [0.05, 0.1) is 25.4 Å². The molecule has 0 aromatic rings. The number of aliphatic hydroxyl groups excluding tert-OH is 2. The lowest BCUT2D eigenvalue weighted by Crippen LogP contribution is -2.45. The van der Waals surface area contributed by atoms with Crippen molar-refractivity contribution in [3.8, 4) is 0 Å². The van der Waals surface area contributed by atoms with Crippen molar-refractivity contribution in [2.45, 2.75) is 321 Å². The zero-order valence-electron chi connectivity index (χ0n) is 45.3. The normalized spacial score (nSPS) is 12.9. The standard InChI is InChI=1S/C62H115NO5/c1-3-5-7-9-11-13-15-16-28-32-36-40-44-48-52-56-62(67)68-57-53-49-45-41-37-33-30-27-25-23-21-19-17-18-20-22-24-26-29-31-35-39-43-47-51-55-61(66)63-59(58-64)60(65)54-50-46-42-38-34-14-12-10-8-6-4-2/h11,13,16,18-21,28,59-60,64-65H,3-10,12,14-15,17,22-27,29-58H2,1-2H3,(H,63,66)/b13-11-,20-18-,21-19-,28-16-. The Morgan fingerprint density at radius 1 is 0.412 bits per heavy atom. The lowest BCUT2D eigenvalue weighted by Gasteiger charge is -2.22. The Morgan fingerprint density at radius 3 is 1.15 bits per heavy atom. The summed E-state index contributed by atoms with van der Waals surface area (Å²) in [6.07, 6.45) is 72.6. The number of nitrogens with one attached hydrogen (secondary N) is 1. The van der Waals surface area contributed by atoms with Gasteiger partial charge >= 0.3 is 5.97 Å². The molecule has 0 rings (SSSR count). The second kappa shape index (κ2) is 57.4. The van der Waals surface area contributed by atoms with Gasteiger partial charge in [-0.05, 0) is 89.9 Å². The summed E-state index contributed by atoms with van der Waals surface area (Å²) in [7, 11) is 0. The van der Waals surface area contributed by atoms with Crippen LogP contribution in [-0.4, -0.2) is 47.4 Å². The number of hydrogen-bond acceptors (Lipinski definition) is 5. The minimum atomic E-state index is -0.667. The highest BCUT2D eigenvalue weighted by Gasteiger charge is 2.20. The van der Waals surface area contributed by atoms with Crippen molar-refractivity contribution in [2.75, 3.05) is 13.2 Å². The summed E-state index contributed by atoms with van der Waals surface area (Å²) >= 11 is 0. The fourth-order valence-electron chi connectivity index (χ4n) is 8.99. The molecule has 0 radical (unpaired) electrons. The number of amides is 1. The molecule has 0 heterocycles. The minimum Gasteiger partial charge on any atom is -0.466 e. The molecule has 6 heteroatoms. The minimum absolute atomic E-state index is 0.00551.